The van der Waals surface area contributed by atoms with E-state index in [-0.39, 0.29) is 22.9 Å². The normalized spacial score (nSPS) is 22.2. The number of carbonyl (C=O) groups excluding carboxylic acids is 1. The molecule has 1 amide bonds. The molecule has 24 heavy (non-hydrogen) atoms. The minimum Gasteiger partial charge on any atom is -0.300 e. The van der Waals surface area contributed by atoms with Crippen LogP contribution in [0.15, 0.2) is 24.3 Å². The fourth-order valence-electron chi connectivity index (χ4n) is 2.41. The largest absolute Gasteiger partial charge is 0.445 e. The molecule has 3 rings (SSSR count). The maximum atomic E-state index is 12.6. The number of alkyl halides is 5. The van der Waals surface area contributed by atoms with Crippen molar-refractivity contribution in [2.24, 2.45) is 0 Å². The van der Waals surface area contributed by atoms with Crippen molar-refractivity contribution in [3.8, 4) is 0 Å². The number of halogens is 5. The summed E-state index contributed by atoms with van der Waals surface area (Å²) in [6.45, 7) is 1.89. The molecule has 1 atom stereocenters. The number of nitrogens with zero attached hydrogens (tertiary/aromatic N) is 2. The molecule has 0 saturated heterocycles. The fourth-order valence-corrected chi connectivity index (χ4v) is 3.81. The average Bonchev–Trinajstić information content (AvgIpc) is 2.82. The lowest BCUT2D eigenvalue weighted by molar-refractivity contribution is -0.138. The van der Waals surface area contributed by atoms with Crippen LogP contribution < -0.4 is 5.32 Å². The van der Waals surface area contributed by atoms with Crippen LogP contribution in [0.2, 0.25) is 0 Å². The number of rotatable bonds is 3. The Morgan fingerprint density at radius 1 is 1.25 bits per heavy atom. The Morgan fingerprint density at radius 2 is 1.83 bits per heavy atom. The number of hydrogen-bond donors (Lipinski definition) is 1. The third-order valence-corrected chi connectivity index (χ3v) is 5.60. The van der Waals surface area contributed by atoms with E-state index < -0.39 is 26.8 Å². The highest BCUT2D eigenvalue weighted by molar-refractivity contribution is 7.15. The van der Waals surface area contributed by atoms with Gasteiger partial charge >= 0.3 is 6.18 Å². The van der Waals surface area contributed by atoms with Gasteiger partial charge in [0.2, 0.25) is 16.0 Å². The predicted octanol–water partition coefficient (Wildman–Crippen LogP) is 4.32. The van der Waals surface area contributed by atoms with Crippen LogP contribution in [0.5, 0.6) is 0 Å². The minimum atomic E-state index is -4.61. The van der Waals surface area contributed by atoms with Gasteiger partial charge < -0.3 is 0 Å². The molecule has 1 aromatic carbocycles. The van der Waals surface area contributed by atoms with E-state index in [4.69, 9.17) is 23.2 Å². The zero-order valence-electron chi connectivity index (χ0n) is 12.1. The van der Waals surface area contributed by atoms with Gasteiger partial charge in [-0.15, -0.1) is 33.4 Å². The molecule has 2 aromatic rings. The van der Waals surface area contributed by atoms with Gasteiger partial charge in [-0.3, -0.25) is 10.1 Å². The summed E-state index contributed by atoms with van der Waals surface area (Å²) >= 11 is 12.6. The number of amides is 1. The first-order valence-electron chi connectivity index (χ1n) is 6.73. The maximum Gasteiger partial charge on any atom is 0.445 e. The third kappa shape index (κ3) is 2.87. The first-order chi connectivity index (χ1) is 11.1. The van der Waals surface area contributed by atoms with Gasteiger partial charge in [0.05, 0.1) is 0 Å². The Kier molecular flexibility index (Phi) is 4.05. The zero-order valence-corrected chi connectivity index (χ0v) is 14.4. The number of aryl methyl sites for hydroxylation is 1. The summed E-state index contributed by atoms with van der Waals surface area (Å²) in [6, 6.07) is 7.06. The highest BCUT2D eigenvalue weighted by atomic mass is 35.5. The number of anilines is 1. The van der Waals surface area contributed by atoms with Gasteiger partial charge in [0.25, 0.3) is 0 Å². The monoisotopic (exact) mass is 395 g/mol. The lowest BCUT2D eigenvalue weighted by Gasteiger charge is -2.17. The van der Waals surface area contributed by atoms with Gasteiger partial charge in [-0.25, -0.2) is 0 Å². The van der Waals surface area contributed by atoms with Crippen molar-refractivity contribution in [1.82, 2.24) is 10.2 Å². The van der Waals surface area contributed by atoms with Gasteiger partial charge in [-0.1, -0.05) is 41.2 Å². The molecule has 128 valence electrons. The molecule has 4 nitrogen and oxygen atoms in total. The molecule has 1 N–H and O–H groups in total. The highest BCUT2D eigenvalue weighted by Gasteiger charge is 2.72. The van der Waals surface area contributed by atoms with Gasteiger partial charge in [-0.05, 0) is 12.5 Å². The van der Waals surface area contributed by atoms with Crippen LogP contribution in [0.4, 0.5) is 18.3 Å². The molecule has 10 heteroatoms. The number of nitrogens with one attached hydrogen (secondary N) is 1. The van der Waals surface area contributed by atoms with Crippen molar-refractivity contribution >= 4 is 45.6 Å². The topological polar surface area (TPSA) is 54.9 Å². The highest BCUT2D eigenvalue weighted by Crippen LogP contribution is 2.65. The standard InChI is InChI=1S/C14H10Cl2F3N3OS/c1-7-2-4-8(5-3-7)12(6-13(12,15)16)9(23)20-11-22-21-10(24-11)14(17,18)19/h2-5H,6H2,1H3,(H,20,22,23). The van der Waals surface area contributed by atoms with Gasteiger partial charge in [0.1, 0.15) is 9.75 Å². The van der Waals surface area contributed by atoms with Gasteiger partial charge in [-0.2, -0.15) is 13.2 Å². The maximum absolute atomic E-state index is 12.6. The second kappa shape index (κ2) is 5.57. The summed E-state index contributed by atoms with van der Waals surface area (Å²) in [5.41, 5.74) is 0.355. The van der Waals surface area contributed by atoms with Crippen LogP contribution in [0, 0.1) is 6.92 Å². The molecule has 1 aromatic heterocycles. The fraction of sp³-hybridized carbons (Fsp3) is 0.357. The Balaban J connectivity index is 1.87. The van der Waals surface area contributed by atoms with Crippen LogP contribution in [0.25, 0.3) is 0 Å². The Morgan fingerprint density at radius 3 is 2.29 bits per heavy atom. The molecule has 1 heterocycles. The summed E-state index contributed by atoms with van der Waals surface area (Å²) < 4.78 is 36.4. The molecule has 1 aliphatic carbocycles. The van der Waals surface area contributed by atoms with E-state index in [9.17, 15) is 18.0 Å². The molecule has 0 bridgehead atoms. The molecule has 1 aliphatic rings. The smallest absolute Gasteiger partial charge is 0.300 e. The molecular formula is C14H10Cl2F3N3OS. The van der Waals surface area contributed by atoms with E-state index in [1.54, 1.807) is 24.3 Å². The van der Waals surface area contributed by atoms with Crippen LogP contribution in [-0.2, 0) is 16.4 Å². The number of benzene rings is 1. The van der Waals surface area contributed by atoms with E-state index in [0.717, 1.165) is 5.56 Å². The van der Waals surface area contributed by atoms with Crippen molar-refractivity contribution in [1.29, 1.82) is 0 Å². The van der Waals surface area contributed by atoms with E-state index in [1.165, 1.54) is 0 Å². The number of aromatic nitrogens is 2. The summed E-state index contributed by atoms with van der Waals surface area (Å²) in [4.78, 5) is 12.6. The van der Waals surface area contributed by atoms with Crippen LogP contribution >= 0.6 is 34.5 Å². The number of hydrogen-bond acceptors (Lipinski definition) is 4. The summed E-state index contributed by atoms with van der Waals surface area (Å²) in [6.07, 6.45) is -4.46. The van der Waals surface area contributed by atoms with Crippen molar-refractivity contribution in [2.45, 2.75) is 29.3 Å². The van der Waals surface area contributed by atoms with Gasteiger partial charge in [0.15, 0.2) is 0 Å². The lowest BCUT2D eigenvalue weighted by atomic mass is 9.94. The third-order valence-electron chi connectivity index (χ3n) is 3.81. The van der Waals surface area contributed by atoms with Gasteiger partial charge in [0, 0.05) is 6.42 Å². The van der Waals surface area contributed by atoms with Crippen LogP contribution in [0.3, 0.4) is 0 Å². The molecule has 1 unspecified atom stereocenters. The molecule has 0 spiro atoms. The molecule has 0 radical (unpaired) electrons. The molecule has 1 fully saturated rings. The SMILES string of the molecule is Cc1ccc(C2(C(=O)Nc3nnc(C(F)(F)F)s3)CC2(Cl)Cl)cc1. The quantitative estimate of drug-likeness (QED) is 0.787. The van der Waals surface area contributed by atoms with Crippen molar-refractivity contribution in [3.63, 3.8) is 0 Å². The summed E-state index contributed by atoms with van der Waals surface area (Å²) in [5.74, 6) is -0.610. The van der Waals surface area contributed by atoms with E-state index in [2.05, 4.69) is 15.5 Å². The second-order valence-electron chi connectivity index (χ2n) is 5.52. The summed E-state index contributed by atoms with van der Waals surface area (Å²) in [7, 11) is 0. The molecular weight excluding hydrogens is 386 g/mol. The zero-order chi connectivity index (χ0) is 17.8. The van der Waals surface area contributed by atoms with E-state index in [1.807, 2.05) is 6.92 Å². The number of carbonyl (C=O) groups is 1. The molecule has 1 saturated carbocycles. The van der Waals surface area contributed by atoms with Crippen LogP contribution in [-0.4, -0.2) is 20.4 Å². The van der Waals surface area contributed by atoms with E-state index in [0.29, 0.717) is 5.56 Å². The second-order valence-corrected chi connectivity index (χ2v) is 7.98. The first-order valence-corrected chi connectivity index (χ1v) is 8.31. The lowest BCUT2D eigenvalue weighted by Crippen LogP contribution is -2.32. The van der Waals surface area contributed by atoms with Crippen molar-refractivity contribution < 1.29 is 18.0 Å². The Bertz CT molecular complexity index is 791. The summed E-state index contributed by atoms with van der Waals surface area (Å²) in [5, 5.41) is 7.33. The van der Waals surface area contributed by atoms with Crippen molar-refractivity contribution in [2.75, 3.05) is 5.32 Å². The first kappa shape index (κ1) is 17.4. The van der Waals surface area contributed by atoms with Crippen molar-refractivity contribution in [3.05, 3.63) is 40.4 Å². The predicted molar refractivity (Wildman–Crippen MR) is 85.5 cm³/mol. The minimum absolute atomic E-state index is 0.156. The average molecular weight is 396 g/mol. The molecule has 0 aliphatic heterocycles. The Hall–Kier alpha value is -1.38. The van der Waals surface area contributed by atoms with Crippen LogP contribution in [0.1, 0.15) is 22.6 Å². The Labute approximate surface area is 149 Å². The van der Waals surface area contributed by atoms with E-state index >= 15 is 0 Å².